The fourth-order valence-electron chi connectivity index (χ4n) is 2.87. The summed E-state index contributed by atoms with van der Waals surface area (Å²) in [6.07, 6.45) is 17.8. The number of hydrogen-bond acceptors (Lipinski definition) is 1. The van der Waals surface area contributed by atoms with Crippen molar-refractivity contribution in [2.24, 2.45) is 10.9 Å². The Morgan fingerprint density at radius 3 is 2.32 bits per heavy atom. The summed E-state index contributed by atoms with van der Waals surface area (Å²) in [4.78, 5) is 4.88. The molecule has 0 saturated carbocycles. The Morgan fingerprint density at radius 2 is 1.63 bits per heavy atom. The Kier molecular flexibility index (Phi) is 8.86. The predicted octanol–water partition coefficient (Wildman–Crippen LogP) is 5.94. The van der Waals surface area contributed by atoms with Gasteiger partial charge in [-0.3, -0.25) is 4.99 Å². The molecule has 2 unspecified atom stereocenters. The molecule has 0 N–H and O–H groups in total. The predicted molar refractivity (Wildman–Crippen MR) is 87.0 cm³/mol. The standard InChI is InChI=1S/C18H33N/c1-4-7-10-13-18-17(12-9-6-3)14-16(15-19-18)11-8-5-2/h14-15,17-18H,4-13H2,1-3H3. The molecule has 0 fully saturated rings. The first-order valence-corrected chi connectivity index (χ1v) is 8.55. The van der Waals surface area contributed by atoms with Crippen molar-refractivity contribution in [3.05, 3.63) is 11.6 Å². The minimum atomic E-state index is 0.573. The maximum Gasteiger partial charge on any atom is 0.0562 e. The van der Waals surface area contributed by atoms with Crippen LogP contribution in [0.15, 0.2) is 16.6 Å². The van der Waals surface area contributed by atoms with Crippen LogP contribution in [-0.2, 0) is 0 Å². The highest BCUT2D eigenvalue weighted by Crippen LogP contribution is 2.27. The molecule has 2 atom stereocenters. The third-order valence-corrected chi connectivity index (χ3v) is 4.17. The van der Waals surface area contributed by atoms with Gasteiger partial charge in [-0.1, -0.05) is 65.4 Å². The Hall–Kier alpha value is -0.590. The number of hydrogen-bond donors (Lipinski definition) is 0. The molecule has 1 heteroatoms. The highest BCUT2D eigenvalue weighted by atomic mass is 14.8. The number of unbranched alkanes of at least 4 members (excludes halogenated alkanes) is 4. The van der Waals surface area contributed by atoms with E-state index in [9.17, 15) is 0 Å². The monoisotopic (exact) mass is 263 g/mol. The van der Waals surface area contributed by atoms with Crippen molar-refractivity contribution in [3.63, 3.8) is 0 Å². The molecule has 0 amide bonds. The first kappa shape index (κ1) is 16.5. The van der Waals surface area contributed by atoms with Crippen molar-refractivity contribution < 1.29 is 0 Å². The summed E-state index contributed by atoms with van der Waals surface area (Å²) in [6.45, 7) is 6.84. The normalized spacial score (nSPS) is 22.6. The van der Waals surface area contributed by atoms with Crippen molar-refractivity contribution in [1.29, 1.82) is 0 Å². The molecule has 0 radical (unpaired) electrons. The van der Waals surface area contributed by atoms with E-state index in [-0.39, 0.29) is 0 Å². The van der Waals surface area contributed by atoms with E-state index in [4.69, 9.17) is 4.99 Å². The largest absolute Gasteiger partial charge is 0.289 e. The SMILES string of the molecule is CCCCCC1N=CC(CCCC)=CC1CCCC. The quantitative estimate of drug-likeness (QED) is 0.432. The molecule has 0 aliphatic carbocycles. The molecule has 0 bridgehead atoms. The second-order valence-electron chi connectivity index (χ2n) is 5.99. The second kappa shape index (κ2) is 10.2. The second-order valence-corrected chi connectivity index (χ2v) is 5.99. The molecular formula is C18H33N. The Morgan fingerprint density at radius 1 is 0.895 bits per heavy atom. The van der Waals surface area contributed by atoms with Crippen molar-refractivity contribution in [1.82, 2.24) is 0 Å². The minimum Gasteiger partial charge on any atom is -0.289 e. The van der Waals surface area contributed by atoms with E-state index in [1.54, 1.807) is 0 Å². The topological polar surface area (TPSA) is 12.4 Å². The molecule has 0 aromatic carbocycles. The highest BCUT2D eigenvalue weighted by Gasteiger charge is 2.21. The number of rotatable bonds is 10. The summed E-state index contributed by atoms with van der Waals surface area (Å²) in [5, 5.41) is 0. The zero-order valence-electron chi connectivity index (χ0n) is 13.3. The molecule has 0 aromatic rings. The van der Waals surface area contributed by atoms with Crippen LogP contribution in [0.3, 0.4) is 0 Å². The molecule has 0 aromatic heterocycles. The maximum absolute atomic E-state index is 4.88. The van der Waals surface area contributed by atoms with E-state index in [0.717, 1.165) is 0 Å². The lowest BCUT2D eigenvalue weighted by molar-refractivity contribution is 0.416. The van der Waals surface area contributed by atoms with E-state index in [1.165, 1.54) is 69.8 Å². The van der Waals surface area contributed by atoms with Gasteiger partial charge in [0.2, 0.25) is 0 Å². The van der Waals surface area contributed by atoms with Gasteiger partial charge >= 0.3 is 0 Å². The van der Waals surface area contributed by atoms with Crippen LogP contribution >= 0.6 is 0 Å². The fraction of sp³-hybridized carbons (Fsp3) is 0.833. The van der Waals surface area contributed by atoms with E-state index in [2.05, 4.69) is 33.1 Å². The first-order valence-electron chi connectivity index (χ1n) is 8.55. The third kappa shape index (κ3) is 6.40. The van der Waals surface area contributed by atoms with Crippen LogP contribution in [0.4, 0.5) is 0 Å². The average Bonchev–Trinajstić information content (AvgIpc) is 2.44. The summed E-state index contributed by atoms with van der Waals surface area (Å²) in [6, 6.07) is 0.573. The number of aliphatic imine (C=N–C) groups is 1. The average molecular weight is 263 g/mol. The van der Waals surface area contributed by atoms with Crippen LogP contribution in [-0.4, -0.2) is 12.3 Å². The van der Waals surface area contributed by atoms with Crippen LogP contribution in [0.5, 0.6) is 0 Å². The lowest BCUT2D eigenvalue weighted by atomic mass is 9.86. The molecule has 0 spiro atoms. The van der Waals surface area contributed by atoms with Crippen molar-refractivity contribution in [3.8, 4) is 0 Å². The summed E-state index contributed by atoms with van der Waals surface area (Å²) in [5.74, 6) is 0.716. The van der Waals surface area contributed by atoms with Crippen molar-refractivity contribution >= 4 is 6.21 Å². The third-order valence-electron chi connectivity index (χ3n) is 4.17. The van der Waals surface area contributed by atoms with Gasteiger partial charge in [-0.25, -0.2) is 0 Å². The van der Waals surface area contributed by atoms with Crippen LogP contribution < -0.4 is 0 Å². The zero-order chi connectivity index (χ0) is 13.9. The lowest BCUT2D eigenvalue weighted by Gasteiger charge is -2.25. The van der Waals surface area contributed by atoms with Crippen LogP contribution in [0.1, 0.15) is 85.0 Å². The first-order chi connectivity index (χ1) is 9.31. The van der Waals surface area contributed by atoms with Gasteiger partial charge in [0.15, 0.2) is 0 Å². The molecule has 1 aliphatic heterocycles. The molecule has 1 aliphatic rings. The Bertz CT molecular complexity index is 277. The molecule has 19 heavy (non-hydrogen) atoms. The fourth-order valence-corrected chi connectivity index (χ4v) is 2.87. The van der Waals surface area contributed by atoms with Crippen molar-refractivity contribution in [2.45, 2.75) is 91.0 Å². The maximum atomic E-state index is 4.88. The Balaban J connectivity index is 2.51. The summed E-state index contributed by atoms with van der Waals surface area (Å²) in [5.41, 5.74) is 1.50. The van der Waals surface area contributed by atoms with Gasteiger partial charge in [0, 0.05) is 6.21 Å². The van der Waals surface area contributed by atoms with E-state index in [0.29, 0.717) is 12.0 Å². The lowest BCUT2D eigenvalue weighted by Crippen LogP contribution is -2.21. The van der Waals surface area contributed by atoms with Crippen LogP contribution in [0.2, 0.25) is 0 Å². The summed E-state index contributed by atoms with van der Waals surface area (Å²) < 4.78 is 0. The smallest absolute Gasteiger partial charge is 0.0562 e. The summed E-state index contributed by atoms with van der Waals surface area (Å²) >= 11 is 0. The van der Waals surface area contributed by atoms with Crippen LogP contribution in [0.25, 0.3) is 0 Å². The zero-order valence-corrected chi connectivity index (χ0v) is 13.3. The number of allylic oxidation sites excluding steroid dienone is 1. The Labute approximate surface area is 120 Å². The molecule has 0 saturated heterocycles. The van der Waals surface area contributed by atoms with Gasteiger partial charge in [-0.2, -0.15) is 0 Å². The molecule has 1 rings (SSSR count). The van der Waals surface area contributed by atoms with E-state index < -0.39 is 0 Å². The molecule has 1 nitrogen and oxygen atoms in total. The molecule has 1 heterocycles. The van der Waals surface area contributed by atoms with Crippen LogP contribution in [0, 0.1) is 5.92 Å². The number of nitrogens with zero attached hydrogens (tertiary/aromatic N) is 1. The van der Waals surface area contributed by atoms with E-state index >= 15 is 0 Å². The van der Waals surface area contributed by atoms with Gasteiger partial charge in [0.25, 0.3) is 0 Å². The van der Waals surface area contributed by atoms with Gasteiger partial charge in [-0.15, -0.1) is 0 Å². The summed E-state index contributed by atoms with van der Waals surface area (Å²) in [7, 11) is 0. The van der Waals surface area contributed by atoms with Gasteiger partial charge in [-0.05, 0) is 37.2 Å². The van der Waals surface area contributed by atoms with Gasteiger partial charge in [0.05, 0.1) is 6.04 Å². The minimum absolute atomic E-state index is 0.573. The number of dihydropyridines is 1. The molecular weight excluding hydrogens is 230 g/mol. The highest BCUT2D eigenvalue weighted by molar-refractivity contribution is 5.79. The van der Waals surface area contributed by atoms with Gasteiger partial charge < -0.3 is 0 Å². The van der Waals surface area contributed by atoms with E-state index in [1.807, 2.05) is 0 Å². The van der Waals surface area contributed by atoms with Crippen molar-refractivity contribution in [2.75, 3.05) is 0 Å². The van der Waals surface area contributed by atoms with Gasteiger partial charge in [0.1, 0.15) is 0 Å². The molecule has 110 valence electrons.